The van der Waals surface area contributed by atoms with Gasteiger partial charge in [0, 0.05) is 6.04 Å². The maximum atomic E-state index is 9.81. The van der Waals surface area contributed by atoms with Crippen LogP contribution in [0.15, 0.2) is 0 Å². The van der Waals surface area contributed by atoms with Gasteiger partial charge >= 0.3 is 0 Å². The molecule has 1 fully saturated rings. The lowest BCUT2D eigenvalue weighted by molar-refractivity contribution is -0.310. The first-order valence-corrected chi connectivity index (χ1v) is 2.25. The van der Waals surface area contributed by atoms with Crippen LogP contribution < -0.4 is 10.4 Å². The normalized spacial score (nSPS) is 28.9. The Morgan fingerprint density at radius 3 is 2.43 bits per heavy atom. The van der Waals surface area contributed by atoms with Gasteiger partial charge < -0.3 is 15.2 Å². The number of carbonyl (C=O) groups is 1. The van der Waals surface area contributed by atoms with Crippen LogP contribution in [-0.2, 0) is 4.79 Å². The lowest BCUT2D eigenvalue weighted by atomic mass is 10.1. The van der Waals surface area contributed by atoms with Crippen molar-refractivity contribution in [3.63, 3.8) is 0 Å². The van der Waals surface area contributed by atoms with Crippen LogP contribution in [0.4, 0.5) is 0 Å². The van der Waals surface area contributed by atoms with Crippen molar-refractivity contribution in [3.05, 3.63) is 0 Å². The average Bonchev–Trinajstić information content (AvgIpc) is 1.23. The summed E-state index contributed by atoms with van der Waals surface area (Å²) < 4.78 is 0. The number of aliphatic carboxylic acids is 1. The second kappa shape index (κ2) is 1.50. The molecule has 0 amide bonds. The summed E-state index contributed by atoms with van der Waals surface area (Å²) in [6, 6.07) is -0.361. The first kappa shape index (κ1) is 4.59. The molecule has 40 valence electrons. The fraction of sp³-hybridized carbons (Fsp3) is 0.750. The molecule has 0 saturated carbocycles. The Kier molecular flexibility index (Phi) is 0.982. The highest BCUT2D eigenvalue weighted by molar-refractivity contribution is 5.72. The fourth-order valence-corrected chi connectivity index (χ4v) is 0.490. The van der Waals surface area contributed by atoms with E-state index >= 15 is 0 Å². The molecule has 0 unspecified atom stereocenters. The van der Waals surface area contributed by atoms with E-state index in [0.29, 0.717) is 0 Å². The summed E-state index contributed by atoms with van der Waals surface area (Å²) in [5, 5.41) is 12.5. The number of nitrogens with one attached hydrogen (secondary N) is 1. The molecule has 3 heteroatoms. The minimum absolute atomic E-state index is 0.361. The highest BCUT2D eigenvalue weighted by Crippen LogP contribution is 1.97. The van der Waals surface area contributed by atoms with Crippen LogP contribution in [0.1, 0.15) is 6.42 Å². The van der Waals surface area contributed by atoms with Crippen molar-refractivity contribution in [3.8, 4) is 0 Å². The summed E-state index contributed by atoms with van der Waals surface area (Å²) in [6.07, 6.45) is 0.725. The second-order valence-electron chi connectivity index (χ2n) is 1.61. The highest BCUT2D eigenvalue weighted by atomic mass is 16.4. The number of hydrogen-bond donors (Lipinski definition) is 1. The molecule has 0 spiro atoms. The molecular formula is C4H6NO2-. The van der Waals surface area contributed by atoms with E-state index in [2.05, 4.69) is 5.32 Å². The molecule has 0 aliphatic carbocycles. The Morgan fingerprint density at radius 1 is 1.86 bits per heavy atom. The van der Waals surface area contributed by atoms with Gasteiger partial charge in [-0.25, -0.2) is 0 Å². The van der Waals surface area contributed by atoms with Crippen molar-refractivity contribution >= 4 is 5.97 Å². The molecular weight excluding hydrogens is 94.0 g/mol. The minimum atomic E-state index is -0.980. The van der Waals surface area contributed by atoms with E-state index in [1.54, 1.807) is 0 Å². The van der Waals surface area contributed by atoms with E-state index in [-0.39, 0.29) is 6.04 Å². The van der Waals surface area contributed by atoms with Gasteiger partial charge in [0.05, 0.1) is 5.97 Å². The zero-order valence-electron chi connectivity index (χ0n) is 3.81. The van der Waals surface area contributed by atoms with Crippen LogP contribution >= 0.6 is 0 Å². The molecule has 0 bridgehead atoms. The van der Waals surface area contributed by atoms with E-state index in [1.807, 2.05) is 0 Å². The van der Waals surface area contributed by atoms with Crippen molar-refractivity contribution in [2.24, 2.45) is 0 Å². The zero-order valence-corrected chi connectivity index (χ0v) is 3.81. The first-order valence-electron chi connectivity index (χ1n) is 2.25. The largest absolute Gasteiger partial charge is 0.548 e. The molecule has 1 saturated heterocycles. The molecule has 1 heterocycles. The van der Waals surface area contributed by atoms with Crippen LogP contribution in [0.5, 0.6) is 0 Å². The summed E-state index contributed by atoms with van der Waals surface area (Å²) in [5.74, 6) is -0.980. The molecule has 0 aromatic heterocycles. The van der Waals surface area contributed by atoms with Gasteiger partial charge in [-0.3, -0.25) is 0 Å². The van der Waals surface area contributed by atoms with Crippen LogP contribution in [0.25, 0.3) is 0 Å². The van der Waals surface area contributed by atoms with Gasteiger partial charge in [-0.15, -0.1) is 0 Å². The van der Waals surface area contributed by atoms with E-state index in [1.165, 1.54) is 0 Å². The lowest BCUT2D eigenvalue weighted by Gasteiger charge is -2.27. The molecule has 1 aliphatic rings. The molecule has 1 rings (SSSR count). The summed E-state index contributed by atoms with van der Waals surface area (Å²) >= 11 is 0. The molecule has 1 aliphatic heterocycles. The number of carboxylic acid groups (broad SMARTS) is 1. The van der Waals surface area contributed by atoms with Gasteiger partial charge in [0.25, 0.3) is 0 Å². The van der Waals surface area contributed by atoms with Gasteiger partial charge in [0.15, 0.2) is 0 Å². The summed E-state index contributed by atoms with van der Waals surface area (Å²) in [4.78, 5) is 9.81. The van der Waals surface area contributed by atoms with E-state index in [0.717, 1.165) is 13.0 Å². The maximum Gasteiger partial charge on any atom is 0.0584 e. The Balaban J connectivity index is 2.27. The van der Waals surface area contributed by atoms with Gasteiger partial charge in [0.2, 0.25) is 0 Å². The van der Waals surface area contributed by atoms with Crippen molar-refractivity contribution in [2.75, 3.05) is 6.54 Å². The van der Waals surface area contributed by atoms with Crippen LogP contribution in [0, 0.1) is 0 Å². The predicted octanol–water partition coefficient (Wildman–Crippen LogP) is -1.90. The second-order valence-corrected chi connectivity index (χ2v) is 1.61. The predicted molar refractivity (Wildman–Crippen MR) is 21.4 cm³/mol. The SMILES string of the molecule is O=C([O-])[C@@H]1CCN1. The van der Waals surface area contributed by atoms with Crippen LogP contribution in [0.3, 0.4) is 0 Å². The third-order valence-electron chi connectivity index (χ3n) is 1.11. The van der Waals surface area contributed by atoms with Crippen LogP contribution in [-0.4, -0.2) is 18.6 Å². The van der Waals surface area contributed by atoms with Crippen molar-refractivity contribution in [1.82, 2.24) is 5.32 Å². The smallest absolute Gasteiger partial charge is 0.0584 e. The Bertz CT molecular complexity index is 87.7. The molecule has 0 aromatic carbocycles. The molecule has 1 atom stereocenters. The number of hydrogen-bond acceptors (Lipinski definition) is 3. The Labute approximate surface area is 41.3 Å². The average molecular weight is 100 g/mol. The molecule has 7 heavy (non-hydrogen) atoms. The monoisotopic (exact) mass is 100 g/mol. The third-order valence-corrected chi connectivity index (χ3v) is 1.11. The van der Waals surface area contributed by atoms with E-state index in [4.69, 9.17) is 0 Å². The summed E-state index contributed by atoms with van der Waals surface area (Å²) in [7, 11) is 0. The van der Waals surface area contributed by atoms with E-state index < -0.39 is 5.97 Å². The Hall–Kier alpha value is -0.570. The molecule has 0 radical (unpaired) electrons. The fourth-order valence-electron chi connectivity index (χ4n) is 0.490. The van der Waals surface area contributed by atoms with Gasteiger partial charge in [-0.05, 0) is 13.0 Å². The summed E-state index contributed by atoms with van der Waals surface area (Å²) in [6.45, 7) is 0.818. The minimum Gasteiger partial charge on any atom is -0.548 e. The molecule has 0 aromatic rings. The number of rotatable bonds is 1. The quantitative estimate of drug-likeness (QED) is 0.418. The van der Waals surface area contributed by atoms with Crippen molar-refractivity contribution in [1.29, 1.82) is 0 Å². The lowest BCUT2D eigenvalue weighted by Crippen LogP contribution is -2.54. The van der Waals surface area contributed by atoms with Gasteiger partial charge in [-0.2, -0.15) is 0 Å². The highest BCUT2D eigenvalue weighted by Gasteiger charge is 2.15. The number of carbonyl (C=O) groups excluding carboxylic acids is 1. The number of carboxylic acids is 1. The third kappa shape index (κ3) is 0.718. The zero-order chi connectivity index (χ0) is 5.28. The van der Waals surface area contributed by atoms with Gasteiger partial charge in [0.1, 0.15) is 0 Å². The van der Waals surface area contributed by atoms with Crippen molar-refractivity contribution in [2.45, 2.75) is 12.5 Å². The first-order chi connectivity index (χ1) is 3.30. The van der Waals surface area contributed by atoms with E-state index in [9.17, 15) is 9.90 Å². The van der Waals surface area contributed by atoms with Crippen molar-refractivity contribution < 1.29 is 9.90 Å². The summed E-state index contributed by atoms with van der Waals surface area (Å²) in [5.41, 5.74) is 0. The van der Waals surface area contributed by atoms with Gasteiger partial charge in [-0.1, -0.05) is 0 Å². The maximum absolute atomic E-state index is 9.81. The topological polar surface area (TPSA) is 52.2 Å². The Morgan fingerprint density at radius 2 is 2.43 bits per heavy atom. The molecule has 1 N–H and O–H groups in total. The standard InChI is InChI=1S/C4H7NO2/c6-4(7)3-1-2-5-3/h3,5H,1-2H2,(H,6,7)/p-1/t3-/m0/s1. The molecule has 3 nitrogen and oxygen atoms in total. The van der Waals surface area contributed by atoms with Crippen LogP contribution in [0.2, 0.25) is 0 Å².